The van der Waals surface area contributed by atoms with Crippen LogP contribution in [0.1, 0.15) is 5.69 Å². The highest BCUT2D eigenvalue weighted by Crippen LogP contribution is 2.30. The molecular formula is C22H18N6OS. The maximum atomic E-state index is 5.30. The molecule has 8 heteroatoms. The van der Waals surface area contributed by atoms with Gasteiger partial charge in [-0.1, -0.05) is 17.8 Å². The van der Waals surface area contributed by atoms with Gasteiger partial charge in [-0.3, -0.25) is 9.55 Å². The number of methoxy groups -OCH3 is 1. The SMILES string of the molecule is COc1ccc(-n2c(SCc3cn4ccccc4n3)nnc2-c2ccncc2)cc1. The fourth-order valence-electron chi connectivity index (χ4n) is 3.21. The standard InChI is InChI=1S/C22H18N6OS/c1-29-19-7-5-18(6-8-19)28-21(16-9-11-23-12-10-16)25-26-22(28)30-15-17-14-27-13-3-2-4-20(27)24-17/h2-14H,15H2,1H3. The second-order valence-electron chi connectivity index (χ2n) is 6.56. The van der Waals surface area contributed by atoms with Crippen molar-refractivity contribution in [1.29, 1.82) is 0 Å². The average Bonchev–Trinajstić information content (AvgIpc) is 3.42. The van der Waals surface area contributed by atoms with Crippen LogP contribution in [0.25, 0.3) is 22.7 Å². The molecule has 0 amide bonds. The molecule has 5 rings (SSSR count). The van der Waals surface area contributed by atoms with Crippen molar-refractivity contribution in [2.75, 3.05) is 7.11 Å². The van der Waals surface area contributed by atoms with E-state index in [1.807, 2.05) is 71.4 Å². The number of thioether (sulfide) groups is 1. The molecule has 5 aromatic rings. The molecule has 0 unspecified atom stereocenters. The van der Waals surface area contributed by atoms with Crippen molar-refractivity contribution in [2.24, 2.45) is 0 Å². The molecule has 0 fully saturated rings. The fraction of sp³-hybridized carbons (Fsp3) is 0.0909. The van der Waals surface area contributed by atoms with Crippen molar-refractivity contribution >= 4 is 17.4 Å². The predicted octanol–water partition coefficient (Wildman–Crippen LogP) is 4.28. The third-order valence-electron chi connectivity index (χ3n) is 4.67. The molecule has 0 bridgehead atoms. The second kappa shape index (κ2) is 8.00. The molecular weight excluding hydrogens is 396 g/mol. The first-order valence-corrected chi connectivity index (χ1v) is 10.4. The Morgan fingerprint density at radius 2 is 1.80 bits per heavy atom. The summed E-state index contributed by atoms with van der Waals surface area (Å²) in [5.74, 6) is 2.25. The van der Waals surface area contributed by atoms with Gasteiger partial charge in [0.05, 0.1) is 12.8 Å². The Kier molecular flexibility index (Phi) is 4.90. The van der Waals surface area contributed by atoms with E-state index in [2.05, 4.69) is 24.7 Å². The number of aromatic nitrogens is 6. The molecule has 0 saturated heterocycles. The largest absolute Gasteiger partial charge is 0.497 e. The Hall–Kier alpha value is -3.65. The fourth-order valence-corrected chi connectivity index (χ4v) is 4.05. The van der Waals surface area contributed by atoms with E-state index in [0.717, 1.165) is 39.3 Å². The van der Waals surface area contributed by atoms with Gasteiger partial charge in [-0.15, -0.1) is 10.2 Å². The van der Waals surface area contributed by atoms with Crippen LogP contribution < -0.4 is 4.74 Å². The van der Waals surface area contributed by atoms with Gasteiger partial charge >= 0.3 is 0 Å². The van der Waals surface area contributed by atoms with E-state index in [4.69, 9.17) is 4.74 Å². The molecule has 0 spiro atoms. The van der Waals surface area contributed by atoms with Crippen LogP contribution in [-0.2, 0) is 5.75 Å². The van der Waals surface area contributed by atoms with Crippen molar-refractivity contribution in [2.45, 2.75) is 10.9 Å². The number of hydrogen-bond acceptors (Lipinski definition) is 6. The van der Waals surface area contributed by atoms with Crippen molar-refractivity contribution in [3.8, 4) is 22.8 Å². The predicted molar refractivity (Wildman–Crippen MR) is 116 cm³/mol. The number of pyridine rings is 2. The summed E-state index contributed by atoms with van der Waals surface area (Å²) in [6, 6.07) is 17.7. The molecule has 30 heavy (non-hydrogen) atoms. The first kappa shape index (κ1) is 18.4. The van der Waals surface area contributed by atoms with Gasteiger partial charge in [0.15, 0.2) is 11.0 Å². The monoisotopic (exact) mass is 414 g/mol. The number of nitrogens with zero attached hydrogens (tertiary/aromatic N) is 6. The summed E-state index contributed by atoms with van der Waals surface area (Å²) >= 11 is 1.60. The van der Waals surface area contributed by atoms with Gasteiger partial charge in [0.1, 0.15) is 11.4 Å². The third kappa shape index (κ3) is 3.53. The zero-order valence-electron chi connectivity index (χ0n) is 16.2. The Morgan fingerprint density at radius 3 is 2.57 bits per heavy atom. The van der Waals surface area contributed by atoms with Gasteiger partial charge in [-0.2, -0.15) is 0 Å². The quantitative estimate of drug-likeness (QED) is 0.386. The molecule has 0 radical (unpaired) electrons. The third-order valence-corrected chi connectivity index (χ3v) is 5.63. The van der Waals surface area contributed by atoms with E-state index in [1.54, 1.807) is 31.3 Å². The molecule has 0 atom stereocenters. The summed E-state index contributed by atoms with van der Waals surface area (Å²) < 4.78 is 9.37. The number of benzene rings is 1. The number of fused-ring (bicyclic) bond motifs is 1. The first-order valence-electron chi connectivity index (χ1n) is 9.37. The number of rotatable bonds is 6. The van der Waals surface area contributed by atoms with Gasteiger partial charge in [0.2, 0.25) is 0 Å². The summed E-state index contributed by atoms with van der Waals surface area (Å²) in [4.78, 5) is 8.79. The maximum Gasteiger partial charge on any atom is 0.196 e. The molecule has 0 N–H and O–H groups in total. The van der Waals surface area contributed by atoms with Crippen LogP contribution in [-0.4, -0.2) is 36.2 Å². The van der Waals surface area contributed by atoms with E-state index in [9.17, 15) is 0 Å². The summed E-state index contributed by atoms with van der Waals surface area (Å²) in [5.41, 5.74) is 3.83. The first-order chi connectivity index (χ1) is 14.8. The normalized spacial score (nSPS) is 11.1. The summed E-state index contributed by atoms with van der Waals surface area (Å²) in [5, 5.41) is 9.73. The van der Waals surface area contributed by atoms with E-state index in [0.29, 0.717) is 5.75 Å². The highest BCUT2D eigenvalue weighted by molar-refractivity contribution is 7.98. The van der Waals surface area contributed by atoms with Crippen molar-refractivity contribution in [1.82, 2.24) is 29.1 Å². The summed E-state index contributed by atoms with van der Waals surface area (Å²) in [6.07, 6.45) is 7.55. The van der Waals surface area contributed by atoms with Gasteiger partial charge < -0.3 is 9.14 Å². The number of imidazole rings is 1. The number of hydrogen-bond donors (Lipinski definition) is 0. The molecule has 0 aliphatic rings. The minimum atomic E-state index is 0.687. The van der Waals surface area contributed by atoms with E-state index >= 15 is 0 Å². The molecule has 148 valence electrons. The highest BCUT2D eigenvalue weighted by atomic mass is 32.2. The lowest BCUT2D eigenvalue weighted by Crippen LogP contribution is -2.00. The van der Waals surface area contributed by atoms with Gasteiger partial charge in [0, 0.05) is 41.8 Å². The van der Waals surface area contributed by atoms with Crippen LogP contribution in [0.4, 0.5) is 0 Å². The lowest BCUT2D eigenvalue weighted by atomic mass is 10.2. The molecule has 4 heterocycles. The van der Waals surface area contributed by atoms with Crippen molar-refractivity contribution in [3.05, 3.63) is 85.1 Å². The highest BCUT2D eigenvalue weighted by Gasteiger charge is 2.17. The molecule has 4 aromatic heterocycles. The molecule has 1 aromatic carbocycles. The Balaban J connectivity index is 1.51. The van der Waals surface area contributed by atoms with Crippen LogP contribution in [0.3, 0.4) is 0 Å². The van der Waals surface area contributed by atoms with Crippen LogP contribution in [0.15, 0.2) is 84.5 Å². The van der Waals surface area contributed by atoms with Crippen LogP contribution in [0, 0.1) is 0 Å². The topological polar surface area (TPSA) is 70.1 Å². The Morgan fingerprint density at radius 1 is 0.967 bits per heavy atom. The molecule has 7 nitrogen and oxygen atoms in total. The molecule has 0 saturated carbocycles. The van der Waals surface area contributed by atoms with Gasteiger partial charge in [0.25, 0.3) is 0 Å². The van der Waals surface area contributed by atoms with Crippen LogP contribution in [0.5, 0.6) is 5.75 Å². The Bertz CT molecular complexity index is 1250. The van der Waals surface area contributed by atoms with Gasteiger partial charge in [-0.05, 0) is 48.5 Å². The maximum absolute atomic E-state index is 5.30. The minimum absolute atomic E-state index is 0.687. The minimum Gasteiger partial charge on any atom is -0.497 e. The van der Waals surface area contributed by atoms with E-state index in [1.165, 1.54) is 0 Å². The Labute approximate surface area is 177 Å². The molecule has 0 aliphatic heterocycles. The van der Waals surface area contributed by atoms with Crippen LogP contribution >= 0.6 is 11.8 Å². The summed E-state index contributed by atoms with van der Waals surface area (Å²) in [6.45, 7) is 0. The van der Waals surface area contributed by atoms with Gasteiger partial charge in [-0.25, -0.2) is 4.98 Å². The van der Waals surface area contributed by atoms with E-state index in [-0.39, 0.29) is 0 Å². The second-order valence-corrected chi connectivity index (χ2v) is 7.51. The van der Waals surface area contributed by atoms with E-state index < -0.39 is 0 Å². The summed E-state index contributed by atoms with van der Waals surface area (Å²) in [7, 11) is 1.66. The van der Waals surface area contributed by atoms with Crippen molar-refractivity contribution < 1.29 is 4.74 Å². The average molecular weight is 414 g/mol. The zero-order valence-corrected chi connectivity index (χ0v) is 17.0. The lowest BCUT2D eigenvalue weighted by molar-refractivity contribution is 0.414. The zero-order chi connectivity index (χ0) is 20.3. The smallest absolute Gasteiger partial charge is 0.196 e. The molecule has 0 aliphatic carbocycles. The van der Waals surface area contributed by atoms with Crippen LogP contribution in [0.2, 0.25) is 0 Å². The number of ether oxygens (including phenoxy) is 1. The van der Waals surface area contributed by atoms with Crippen molar-refractivity contribution in [3.63, 3.8) is 0 Å². The lowest BCUT2D eigenvalue weighted by Gasteiger charge is -2.10.